The number of rotatable bonds is 11. The van der Waals surface area contributed by atoms with Crippen molar-refractivity contribution in [2.45, 2.75) is 104 Å². The lowest BCUT2D eigenvalue weighted by Gasteiger charge is -2.38. The van der Waals surface area contributed by atoms with Gasteiger partial charge in [0.2, 0.25) is 0 Å². The molecule has 1 atom stereocenters. The Labute approximate surface area is 342 Å². The smallest absolute Gasteiger partial charge is 0.456 e. The van der Waals surface area contributed by atoms with Gasteiger partial charge in [0.1, 0.15) is 40.0 Å². The summed E-state index contributed by atoms with van der Waals surface area (Å²) in [6.07, 6.45) is 1.18. The summed E-state index contributed by atoms with van der Waals surface area (Å²) < 4.78 is 74.3. The van der Waals surface area contributed by atoms with Gasteiger partial charge in [-0.1, -0.05) is 19.1 Å². The second kappa shape index (κ2) is 16.0. The molecule has 5 aromatic rings. The van der Waals surface area contributed by atoms with E-state index in [0.717, 1.165) is 5.56 Å². The van der Waals surface area contributed by atoms with E-state index in [1.165, 1.54) is 61.6 Å². The van der Waals surface area contributed by atoms with E-state index in [2.05, 4.69) is 5.32 Å². The van der Waals surface area contributed by atoms with E-state index in [9.17, 15) is 23.2 Å². The molecular formula is C46H49BF3NO8. The van der Waals surface area contributed by atoms with E-state index in [0.29, 0.717) is 52.4 Å². The molecule has 0 radical (unpaired) electrons. The Bertz CT molecular complexity index is 2440. The number of furan rings is 1. The number of carbonyl (C=O) groups excluding carboxylic acids is 3. The monoisotopic (exact) mass is 811 g/mol. The van der Waals surface area contributed by atoms with E-state index >= 15 is 4.39 Å². The van der Waals surface area contributed by atoms with Crippen molar-refractivity contribution in [3.05, 3.63) is 113 Å². The summed E-state index contributed by atoms with van der Waals surface area (Å²) in [6.45, 7) is 16.1. The molecule has 1 fully saturated rings. The normalized spacial score (nSPS) is 16.7. The second-order valence-corrected chi connectivity index (χ2v) is 17.1. The third-order valence-corrected chi connectivity index (χ3v) is 10.8. The highest BCUT2D eigenvalue weighted by molar-refractivity contribution is 6.62. The molecule has 59 heavy (non-hydrogen) atoms. The van der Waals surface area contributed by atoms with Crippen LogP contribution in [0.2, 0.25) is 0 Å². The van der Waals surface area contributed by atoms with Gasteiger partial charge < -0.3 is 28.5 Å². The molecule has 1 amide bonds. The van der Waals surface area contributed by atoms with Crippen LogP contribution in [0, 0.1) is 17.5 Å². The quantitative estimate of drug-likeness (QED) is 0.104. The molecule has 13 heteroatoms. The fourth-order valence-electron chi connectivity index (χ4n) is 7.12. The van der Waals surface area contributed by atoms with Crippen LogP contribution in [0.25, 0.3) is 33.4 Å². The zero-order valence-electron chi connectivity index (χ0n) is 35.0. The summed E-state index contributed by atoms with van der Waals surface area (Å²) in [4.78, 5) is 39.7. The van der Waals surface area contributed by atoms with E-state index in [-0.39, 0.29) is 22.5 Å². The Kier molecular flexibility index (Phi) is 11.7. The summed E-state index contributed by atoms with van der Waals surface area (Å²) in [5, 5.41) is 3.14. The molecular weight excluding hydrogens is 762 g/mol. The van der Waals surface area contributed by atoms with Crippen LogP contribution in [0.15, 0.2) is 77.2 Å². The molecule has 1 aromatic heterocycles. The van der Waals surface area contributed by atoms with Crippen molar-refractivity contribution in [1.82, 2.24) is 5.32 Å². The molecule has 1 N–H and O–H groups in total. The van der Waals surface area contributed by atoms with Gasteiger partial charge in [0, 0.05) is 18.0 Å². The predicted octanol–water partition coefficient (Wildman–Crippen LogP) is 9.76. The Balaban J connectivity index is 1.22. The molecule has 0 spiro atoms. The largest absolute Gasteiger partial charge is 0.494 e. The van der Waals surface area contributed by atoms with Gasteiger partial charge in [-0.05, 0) is 157 Å². The van der Waals surface area contributed by atoms with Gasteiger partial charge in [-0.2, -0.15) is 0 Å². The van der Waals surface area contributed by atoms with Crippen LogP contribution in [0.1, 0.15) is 112 Å². The van der Waals surface area contributed by atoms with Gasteiger partial charge in [0.05, 0.1) is 27.9 Å². The lowest BCUT2D eigenvalue weighted by Crippen LogP contribution is -2.46. The number of nitrogens with one attached hydrogen (secondary N) is 1. The SMILES string of the molecule is CCc1cc2oc(-c3ccc(F)cc3)c(C(=O)NC)c2cc1-c1ccc(F)c(C(=O)OC(C)(C)CCC2(C)OB(c3ccc(F)c(C(=O)OC(C)(C)C)c3)OC2(C)C)c1. The predicted molar refractivity (Wildman–Crippen MR) is 220 cm³/mol. The molecule has 0 bridgehead atoms. The number of hydrogen-bond donors (Lipinski definition) is 1. The molecule has 0 saturated carbocycles. The molecule has 1 unspecified atom stereocenters. The first-order valence-electron chi connectivity index (χ1n) is 19.5. The third kappa shape index (κ3) is 8.96. The zero-order chi connectivity index (χ0) is 43.2. The standard InChI is InChI=1S/C46H49BF3NO8/c1-11-26-23-37-34(38(40(52)51-10)39(55-37)27-12-16-30(48)17-13-27)25-31(26)28-14-18-35(49)32(22-28)42(54)57-44(5,6)20-21-46(9)45(7,8)58-47(59-46)29-15-19-36(50)33(24-29)41(53)56-43(2,3)4/h12-19,22-25H,11,20-21H2,1-10H3,(H,51,52). The fraction of sp³-hybridized carbons (Fsp3) is 0.370. The van der Waals surface area contributed by atoms with Crippen molar-refractivity contribution >= 4 is 41.4 Å². The first-order valence-corrected chi connectivity index (χ1v) is 19.5. The third-order valence-electron chi connectivity index (χ3n) is 10.8. The Hall–Kier alpha value is -5.40. The summed E-state index contributed by atoms with van der Waals surface area (Å²) in [6, 6.07) is 17.5. The molecule has 1 saturated heterocycles. The molecule has 6 rings (SSSR count). The number of amides is 1. The van der Waals surface area contributed by atoms with Crippen LogP contribution in [0.3, 0.4) is 0 Å². The average Bonchev–Trinajstić information content (AvgIpc) is 3.65. The van der Waals surface area contributed by atoms with Gasteiger partial charge in [0.15, 0.2) is 0 Å². The number of ether oxygens (including phenoxy) is 2. The van der Waals surface area contributed by atoms with Gasteiger partial charge in [0.25, 0.3) is 5.91 Å². The maximum absolute atomic E-state index is 15.5. The van der Waals surface area contributed by atoms with Crippen LogP contribution in [-0.4, -0.2) is 54.4 Å². The van der Waals surface area contributed by atoms with Crippen molar-refractivity contribution in [2.24, 2.45) is 0 Å². The van der Waals surface area contributed by atoms with Crippen LogP contribution in [-0.2, 0) is 25.2 Å². The molecule has 1 aliphatic heterocycles. The Morgan fingerprint density at radius 3 is 2.02 bits per heavy atom. The lowest BCUT2D eigenvalue weighted by molar-refractivity contribution is -0.0449. The van der Waals surface area contributed by atoms with Crippen molar-refractivity contribution in [3.63, 3.8) is 0 Å². The lowest BCUT2D eigenvalue weighted by atomic mass is 9.78. The van der Waals surface area contributed by atoms with Crippen LogP contribution in [0.5, 0.6) is 0 Å². The molecule has 2 heterocycles. The Morgan fingerprint density at radius 1 is 0.780 bits per heavy atom. The van der Waals surface area contributed by atoms with Crippen molar-refractivity contribution in [1.29, 1.82) is 0 Å². The summed E-state index contributed by atoms with van der Waals surface area (Å²) in [5.74, 6) is -3.74. The van der Waals surface area contributed by atoms with Gasteiger partial charge in [-0.25, -0.2) is 22.8 Å². The highest BCUT2D eigenvalue weighted by Gasteiger charge is 2.55. The van der Waals surface area contributed by atoms with E-state index in [1.54, 1.807) is 46.8 Å². The van der Waals surface area contributed by atoms with Crippen LogP contribution in [0.4, 0.5) is 13.2 Å². The van der Waals surface area contributed by atoms with E-state index in [1.807, 2.05) is 33.8 Å². The number of esters is 2. The first-order chi connectivity index (χ1) is 27.5. The maximum atomic E-state index is 15.5. The van der Waals surface area contributed by atoms with Gasteiger partial charge >= 0.3 is 19.1 Å². The minimum absolute atomic E-state index is 0.238. The maximum Gasteiger partial charge on any atom is 0.494 e. The minimum atomic E-state index is -1.09. The highest BCUT2D eigenvalue weighted by Crippen LogP contribution is 2.43. The number of carbonyl (C=O) groups is 3. The van der Waals surface area contributed by atoms with E-state index in [4.69, 9.17) is 23.2 Å². The molecule has 4 aromatic carbocycles. The number of benzene rings is 4. The summed E-state index contributed by atoms with van der Waals surface area (Å²) in [7, 11) is 0.566. The second-order valence-electron chi connectivity index (χ2n) is 17.1. The first kappa shape index (κ1) is 43.2. The number of fused-ring (bicyclic) bond motifs is 1. The Morgan fingerprint density at radius 2 is 1.39 bits per heavy atom. The molecule has 1 aliphatic rings. The topological polar surface area (TPSA) is 113 Å². The van der Waals surface area contributed by atoms with Crippen LogP contribution >= 0.6 is 0 Å². The fourth-order valence-corrected chi connectivity index (χ4v) is 7.12. The summed E-state index contributed by atoms with van der Waals surface area (Å²) >= 11 is 0. The number of hydrogen-bond acceptors (Lipinski definition) is 8. The minimum Gasteiger partial charge on any atom is -0.456 e. The summed E-state index contributed by atoms with van der Waals surface area (Å²) in [5.41, 5.74) is -0.583. The molecule has 9 nitrogen and oxygen atoms in total. The number of halogens is 3. The molecule has 310 valence electrons. The van der Waals surface area contributed by atoms with Crippen molar-refractivity contribution < 1.29 is 50.8 Å². The van der Waals surface area contributed by atoms with Gasteiger partial charge in [-0.15, -0.1) is 0 Å². The van der Waals surface area contributed by atoms with Gasteiger partial charge in [-0.3, -0.25) is 4.79 Å². The number of aryl methyl sites for hydroxylation is 1. The average molecular weight is 812 g/mol. The van der Waals surface area contributed by atoms with Crippen LogP contribution < -0.4 is 10.8 Å². The van der Waals surface area contributed by atoms with E-state index < -0.39 is 64.8 Å². The van der Waals surface area contributed by atoms with Crippen molar-refractivity contribution in [2.75, 3.05) is 7.05 Å². The molecule has 0 aliphatic carbocycles. The van der Waals surface area contributed by atoms with Crippen molar-refractivity contribution in [3.8, 4) is 22.5 Å². The zero-order valence-corrected chi connectivity index (χ0v) is 35.0. The highest BCUT2D eigenvalue weighted by atomic mass is 19.1.